The molecule has 1 aliphatic heterocycles. The van der Waals surface area contributed by atoms with Crippen molar-refractivity contribution in [3.8, 4) is 0 Å². The minimum atomic E-state index is -0.266. The standard InChI is InChI=1S/C28H24N4O3/c33-26-20-5-1-2-6-21(20)27(34)25-24(26)23(22-7-3-4-13-32(22)25)28(35)31-17-15-30(16-18-31)14-10-19-8-11-29-12-9-19/h1-9,11-13H,10,14-18H2. The second-order valence-corrected chi connectivity index (χ2v) is 9.00. The van der Waals surface area contributed by atoms with E-state index in [-0.39, 0.29) is 28.7 Å². The van der Waals surface area contributed by atoms with Crippen LogP contribution in [0.1, 0.15) is 47.9 Å². The van der Waals surface area contributed by atoms with E-state index in [2.05, 4.69) is 9.88 Å². The summed E-state index contributed by atoms with van der Waals surface area (Å²) in [5.74, 6) is -0.682. The molecule has 7 heteroatoms. The fourth-order valence-corrected chi connectivity index (χ4v) is 5.18. The number of fused-ring (bicyclic) bond motifs is 4. The maximum atomic E-state index is 13.8. The first-order chi connectivity index (χ1) is 17.1. The topological polar surface area (TPSA) is 75.0 Å². The summed E-state index contributed by atoms with van der Waals surface area (Å²) in [5, 5.41) is 0. The molecule has 7 nitrogen and oxygen atoms in total. The van der Waals surface area contributed by atoms with Crippen LogP contribution in [0.3, 0.4) is 0 Å². The van der Waals surface area contributed by atoms with Gasteiger partial charge in [0.1, 0.15) is 5.69 Å². The largest absolute Gasteiger partial charge is 0.336 e. The van der Waals surface area contributed by atoms with Gasteiger partial charge >= 0.3 is 0 Å². The van der Waals surface area contributed by atoms with Crippen LogP contribution in [0.2, 0.25) is 0 Å². The van der Waals surface area contributed by atoms with Crippen molar-refractivity contribution in [3.63, 3.8) is 0 Å². The van der Waals surface area contributed by atoms with Gasteiger partial charge in [-0.05, 0) is 36.2 Å². The third-order valence-corrected chi connectivity index (χ3v) is 7.04. The van der Waals surface area contributed by atoms with E-state index in [1.165, 1.54) is 5.56 Å². The molecule has 0 saturated carbocycles. The molecule has 1 aromatic carbocycles. The minimum absolute atomic E-state index is 0.190. The van der Waals surface area contributed by atoms with Gasteiger partial charge in [0, 0.05) is 62.4 Å². The average molecular weight is 465 g/mol. The molecule has 0 unspecified atom stereocenters. The third kappa shape index (κ3) is 3.56. The predicted octanol–water partition coefficient (Wildman–Crippen LogP) is 3.11. The number of piperazine rings is 1. The Morgan fingerprint density at radius 1 is 0.829 bits per heavy atom. The highest BCUT2D eigenvalue weighted by Gasteiger charge is 2.39. The van der Waals surface area contributed by atoms with Crippen molar-refractivity contribution in [3.05, 3.63) is 107 Å². The van der Waals surface area contributed by atoms with Gasteiger partial charge in [-0.2, -0.15) is 0 Å². The zero-order valence-corrected chi connectivity index (χ0v) is 19.2. The Morgan fingerprint density at radius 3 is 2.26 bits per heavy atom. The lowest BCUT2D eigenvalue weighted by Crippen LogP contribution is -2.49. The number of rotatable bonds is 4. The fraction of sp³-hybridized carbons (Fsp3) is 0.214. The number of hydrogen-bond acceptors (Lipinski definition) is 5. The van der Waals surface area contributed by atoms with E-state index in [0.717, 1.165) is 26.1 Å². The van der Waals surface area contributed by atoms with Crippen molar-refractivity contribution in [2.75, 3.05) is 32.7 Å². The average Bonchev–Trinajstić information content (AvgIpc) is 3.27. The van der Waals surface area contributed by atoms with Crippen molar-refractivity contribution in [2.24, 2.45) is 0 Å². The number of hydrogen-bond donors (Lipinski definition) is 0. The first kappa shape index (κ1) is 21.4. The molecule has 0 N–H and O–H groups in total. The molecule has 3 aromatic heterocycles. The van der Waals surface area contributed by atoms with Gasteiger partial charge in [-0.15, -0.1) is 0 Å². The predicted molar refractivity (Wildman–Crippen MR) is 131 cm³/mol. The third-order valence-electron chi connectivity index (χ3n) is 7.04. The number of amides is 1. The van der Waals surface area contributed by atoms with Crippen molar-refractivity contribution in [1.29, 1.82) is 0 Å². The normalized spacial score (nSPS) is 15.8. The Hall–Kier alpha value is -4.10. The van der Waals surface area contributed by atoms with E-state index in [0.29, 0.717) is 35.3 Å². The molecular weight excluding hydrogens is 440 g/mol. The lowest BCUT2D eigenvalue weighted by Gasteiger charge is -2.35. The summed E-state index contributed by atoms with van der Waals surface area (Å²) < 4.78 is 1.70. The molecule has 1 fully saturated rings. The summed E-state index contributed by atoms with van der Waals surface area (Å²) in [7, 11) is 0. The number of ketones is 2. The first-order valence-corrected chi connectivity index (χ1v) is 11.9. The van der Waals surface area contributed by atoms with Crippen LogP contribution in [-0.4, -0.2) is 69.4 Å². The minimum Gasteiger partial charge on any atom is -0.336 e. The van der Waals surface area contributed by atoms with Crippen LogP contribution >= 0.6 is 0 Å². The van der Waals surface area contributed by atoms with Crippen LogP contribution in [0.25, 0.3) is 5.52 Å². The molecule has 0 radical (unpaired) electrons. The van der Waals surface area contributed by atoms with Crippen molar-refractivity contribution >= 4 is 23.0 Å². The van der Waals surface area contributed by atoms with E-state index in [1.807, 2.05) is 29.2 Å². The molecule has 6 rings (SSSR count). The van der Waals surface area contributed by atoms with Gasteiger partial charge in [0.15, 0.2) is 5.78 Å². The molecular formula is C28H24N4O3. The highest BCUT2D eigenvalue weighted by molar-refractivity contribution is 6.32. The molecule has 0 spiro atoms. The zero-order valence-electron chi connectivity index (χ0n) is 19.2. The Morgan fingerprint density at radius 2 is 1.51 bits per heavy atom. The Bertz CT molecular complexity index is 1470. The highest BCUT2D eigenvalue weighted by atomic mass is 16.2. The summed E-state index contributed by atoms with van der Waals surface area (Å²) >= 11 is 0. The Kier molecular flexibility index (Phi) is 5.26. The SMILES string of the molecule is O=C1c2ccccc2C(=O)c2c1c(C(=O)N1CCN(CCc3ccncc3)CC1)c1ccccn21. The highest BCUT2D eigenvalue weighted by Crippen LogP contribution is 2.34. The number of carbonyl (C=O) groups excluding carboxylic acids is 3. The number of benzene rings is 1. The van der Waals surface area contributed by atoms with Gasteiger partial charge in [-0.25, -0.2) is 0 Å². The van der Waals surface area contributed by atoms with Crippen LogP contribution < -0.4 is 0 Å². The summed E-state index contributed by atoms with van der Waals surface area (Å²) in [6, 6.07) is 16.3. The van der Waals surface area contributed by atoms with Crippen LogP contribution in [0, 0.1) is 0 Å². The van der Waals surface area contributed by atoms with Gasteiger partial charge in [0.25, 0.3) is 5.91 Å². The molecule has 4 heterocycles. The lowest BCUT2D eigenvalue weighted by molar-refractivity contribution is 0.0637. The molecule has 4 aromatic rings. The van der Waals surface area contributed by atoms with Crippen LogP contribution in [0.4, 0.5) is 0 Å². The van der Waals surface area contributed by atoms with E-state index in [4.69, 9.17) is 0 Å². The lowest BCUT2D eigenvalue weighted by atomic mass is 9.86. The molecule has 1 amide bonds. The smallest absolute Gasteiger partial charge is 0.256 e. The summed E-state index contributed by atoms with van der Waals surface area (Å²) in [4.78, 5) is 49.0. The molecule has 1 aliphatic carbocycles. The van der Waals surface area contributed by atoms with E-state index < -0.39 is 0 Å². The number of pyridine rings is 2. The van der Waals surface area contributed by atoms with E-state index >= 15 is 0 Å². The number of aromatic nitrogens is 2. The molecule has 35 heavy (non-hydrogen) atoms. The molecule has 0 bridgehead atoms. The van der Waals surface area contributed by atoms with Crippen LogP contribution in [-0.2, 0) is 6.42 Å². The number of nitrogens with zero attached hydrogens (tertiary/aromatic N) is 4. The van der Waals surface area contributed by atoms with Gasteiger partial charge in [0.2, 0.25) is 5.78 Å². The fourth-order valence-electron chi connectivity index (χ4n) is 5.18. The van der Waals surface area contributed by atoms with Crippen LogP contribution in [0.15, 0.2) is 73.2 Å². The van der Waals surface area contributed by atoms with Crippen molar-refractivity contribution < 1.29 is 14.4 Å². The first-order valence-electron chi connectivity index (χ1n) is 11.9. The van der Waals surface area contributed by atoms with Gasteiger partial charge in [-0.3, -0.25) is 24.3 Å². The summed E-state index contributed by atoms with van der Waals surface area (Å²) in [6.45, 7) is 3.60. The molecule has 174 valence electrons. The van der Waals surface area contributed by atoms with Gasteiger partial charge in [0.05, 0.1) is 16.6 Å². The monoisotopic (exact) mass is 464 g/mol. The molecule has 0 atom stereocenters. The zero-order chi connectivity index (χ0) is 23.9. The molecule has 1 saturated heterocycles. The van der Waals surface area contributed by atoms with Crippen LogP contribution in [0.5, 0.6) is 0 Å². The van der Waals surface area contributed by atoms with Gasteiger partial charge < -0.3 is 9.30 Å². The second kappa shape index (κ2) is 8.60. The number of carbonyl (C=O) groups is 3. The Balaban J connectivity index is 1.29. The molecule has 2 aliphatic rings. The second-order valence-electron chi connectivity index (χ2n) is 9.00. The quantitative estimate of drug-likeness (QED) is 0.409. The van der Waals surface area contributed by atoms with Gasteiger partial charge in [-0.1, -0.05) is 30.3 Å². The van der Waals surface area contributed by atoms with Crippen molar-refractivity contribution in [2.45, 2.75) is 6.42 Å². The van der Waals surface area contributed by atoms with Crippen molar-refractivity contribution in [1.82, 2.24) is 19.2 Å². The maximum absolute atomic E-state index is 13.8. The van der Waals surface area contributed by atoms with E-state index in [9.17, 15) is 14.4 Å². The Labute approximate surface area is 202 Å². The maximum Gasteiger partial charge on any atom is 0.256 e. The summed E-state index contributed by atoms with van der Waals surface area (Å²) in [6.07, 6.45) is 6.30. The summed E-state index contributed by atoms with van der Waals surface area (Å²) in [5.41, 5.74) is 3.42. The van der Waals surface area contributed by atoms with E-state index in [1.54, 1.807) is 53.3 Å².